The molecule has 8 heteroatoms. The molecule has 1 atom stereocenters. The molecule has 0 bridgehead atoms. The number of para-hydroxylation sites is 1. The maximum Gasteiger partial charge on any atom is 0.279 e. The Morgan fingerprint density at radius 2 is 1.86 bits per heavy atom. The number of hydrogen-bond donors (Lipinski definition) is 2. The fourth-order valence-corrected chi connectivity index (χ4v) is 2.72. The molecule has 0 aliphatic heterocycles. The van der Waals surface area contributed by atoms with Gasteiger partial charge in [0.2, 0.25) is 0 Å². The first-order valence-electron chi connectivity index (χ1n) is 9.00. The van der Waals surface area contributed by atoms with Crippen molar-refractivity contribution in [1.82, 2.24) is 20.6 Å². The van der Waals surface area contributed by atoms with Gasteiger partial charge in [0.1, 0.15) is 0 Å². The second kappa shape index (κ2) is 8.55. The average molecular weight is 396 g/mol. The van der Waals surface area contributed by atoms with Crippen LogP contribution in [0.2, 0.25) is 0 Å². The Morgan fingerprint density at radius 1 is 1.10 bits per heavy atom. The number of hydrazine groups is 1. The van der Waals surface area contributed by atoms with Crippen LogP contribution >= 0.6 is 0 Å². The molecular weight excluding hydrogens is 375 g/mol. The summed E-state index contributed by atoms with van der Waals surface area (Å²) in [6.45, 7) is 5.18. The highest BCUT2D eigenvalue weighted by Crippen LogP contribution is 2.17. The van der Waals surface area contributed by atoms with Crippen LogP contribution in [0.3, 0.4) is 0 Å². The van der Waals surface area contributed by atoms with E-state index in [9.17, 15) is 14.0 Å². The third kappa shape index (κ3) is 4.60. The lowest BCUT2D eigenvalue weighted by atomic mass is 10.2. The van der Waals surface area contributed by atoms with Gasteiger partial charge in [-0.05, 0) is 50.6 Å². The van der Waals surface area contributed by atoms with Crippen LogP contribution in [0, 0.1) is 19.7 Å². The minimum Gasteiger partial charge on any atom is -0.478 e. The van der Waals surface area contributed by atoms with Crippen molar-refractivity contribution < 1.29 is 18.7 Å². The first-order chi connectivity index (χ1) is 13.9. The van der Waals surface area contributed by atoms with Gasteiger partial charge in [-0.1, -0.05) is 24.3 Å². The molecular formula is C21H21FN4O3. The first-order valence-corrected chi connectivity index (χ1v) is 9.00. The molecule has 0 aliphatic carbocycles. The summed E-state index contributed by atoms with van der Waals surface area (Å²) in [6.07, 6.45) is 0.418. The van der Waals surface area contributed by atoms with Crippen molar-refractivity contribution >= 4 is 11.8 Å². The van der Waals surface area contributed by atoms with Gasteiger partial charge < -0.3 is 4.74 Å². The molecule has 0 radical (unpaired) electrons. The Hall–Kier alpha value is -3.68. The number of carbonyl (C=O) groups is 2. The zero-order valence-corrected chi connectivity index (χ0v) is 16.3. The van der Waals surface area contributed by atoms with Crippen molar-refractivity contribution in [3.8, 4) is 11.4 Å². The number of halogens is 1. The fraction of sp³-hybridized carbons (Fsp3) is 0.190. The second-order valence-electron chi connectivity index (χ2n) is 6.53. The summed E-state index contributed by atoms with van der Waals surface area (Å²) in [6, 6.07) is 13.5. The van der Waals surface area contributed by atoms with E-state index in [-0.39, 0.29) is 5.75 Å². The van der Waals surface area contributed by atoms with Crippen molar-refractivity contribution in [1.29, 1.82) is 0 Å². The van der Waals surface area contributed by atoms with Crippen molar-refractivity contribution in [3.05, 3.63) is 77.4 Å². The van der Waals surface area contributed by atoms with Crippen LogP contribution in [0.4, 0.5) is 4.39 Å². The summed E-state index contributed by atoms with van der Waals surface area (Å²) in [5.74, 6) is -1.76. The van der Waals surface area contributed by atoms with Crippen molar-refractivity contribution in [2.75, 3.05) is 0 Å². The van der Waals surface area contributed by atoms with Gasteiger partial charge in [0.05, 0.1) is 23.1 Å². The number of aromatic nitrogens is 2. The molecule has 29 heavy (non-hydrogen) atoms. The lowest BCUT2D eigenvalue weighted by molar-refractivity contribution is -0.128. The summed E-state index contributed by atoms with van der Waals surface area (Å²) < 4.78 is 20.6. The van der Waals surface area contributed by atoms with E-state index in [1.165, 1.54) is 31.3 Å². The molecule has 0 unspecified atom stereocenters. The molecule has 0 aliphatic rings. The molecule has 150 valence electrons. The molecule has 1 heterocycles. The number of ether oxygens (including phenoxy) is 1. The highest BCUT2D eigenvalue weighted by molar-refractivity contribution is 5.96. The van der Waals surface area contributed by atoms with E-state index < -0.39 is 23.7 Å². The lowest BCUT2D eigenvalue weighted by Gasteiger charge is -2.15. The smallest absolute Gasteiger partial charge is 0.279 e. The second-order valence-corrected chi connectivity index (χ2v) is 6.53. The van der Waals surface area contributed by atoms with Gasteiger partial charge in [-0.25, -0.2) is 9.07 Å². The summed E-state index contributed by atoms with van der Waals surface area (Å²) in [5, 5.41) is 4.25. The molecule has 7 nitrogen and oxygen atoms in total. The van der Waals surface area contributed by atoms with Gasteiger partial charge >= 0.3 is 0 Å². The van der Waals surface area contributed by atoms with Gasteiger partial charge in [0.25, 0.3) is 11.8 Å². The Kier molecular flexibility index (Phi) is 5.92. The van der Waals surface area contributed by atoms with Gasteiger partial charge in [0.15, 0.2) is 17.7 Å². The molecule has 2 amide bonds. The van der Waals surface area contributed by atoms with Crippen LogP contribution in [0.5, 0.6) is 5.75 Å². The predicted octanol–water partition coefficient (Wildman–Crippen LogP) is 2.86. The van der Waals surface area contributed by atoms with E-state index in [0.29, 0.717) is 11.3 Å². The minimum absolute atomic E-state index is 0.0447. The number of hydrogen-bond acceptors (Lipinski definition) is 4. The van der Waals surface area contributed by atoms with Gasteiger partial charge in [-0.3, -0.25) is 20.4 Å². The van der Waals surface area contributed by atoms with E-state index in [2.05, 4.69) is 16.0 Å². The van der Waals surface area contributed by atoms with Crippen molar-refractivity contribution in [2.45, 2.75) is 26.9 Å². The summed E-state index contributed by atoms with van der Waals surface area (Å²) in [5.41, 5.74) is 7.45. The lowest BCUT2D eigenvalue weighted by Crippen LogP contribution is -2.47. The highest BCUT2D eigenvalue weighted by Gasteiger charge is 2.19. The maximum absolute atomic E-state index is 13.6. The molecule has 0 saturated heterocycles. The zero-order chi connectivity index (χ0) is 21.0. The van der Waals surface area contributed by atoms with E-state index >= 15 is 0 Å². The van der Waals surface area contributed by atoms with Gasteiger partial charge in [-0.15, -0.1) is 0 Å². The molecule has 3 aromatic rings. The van der Waals surface area contributed by atoms with Crippen LogP contribution in [0.25, 0.3) is 5.69 Å². The molecule has 1 aromatic heterocycles. The molecule has 2 N–H and O–H groups in total. The topological polar surface area (TPSA) is 85.3 Å². The van der Waals surface area contributed by atoms with Crippen LogP contribution in [-0.2, 0) is 4.79 Å². The Labute approximate surface area is 167 Å². The number of aryl methyl sites for hydroxylation is 1. The van der Waals surface area contributed by atoms with Crippen LogP contribution in [0.1, 0.15) is 28.5 Å². The fourth-order valence-electron chi connectivity index (χ4n) is 2.72. The van der Waals surface area contributed by atoms with Crippen LogP contribution in [-0.4, -0.2) is 27.7 Å². The van der Waals surface area contributed by atoms with Crippen molar-refractivity contribution in [2.24, 2.45) is 0 Å². The number of nitrogens with zero attached hydrogens (tertiary/aromatic N) is 2. The summed E-state index contributed by atoms with van der Waals surface area (Å²) in [7, 11) is 0. The third-order valence-electron chi connectivity index (χ3n) is 4.31. The van der Waals surface area contributed by atoms with Gasteiger partial charge in [0, 0.05) is 0 Å². The van der Waals surface area contributed by atoms with E-state index in [1.54, 1.807) is 17.7 Å². The third-order valence-corrected chi connectivity index (χ3v) is 4.31. The Balaban J connectivity index is 1.62. The standard InChI is InChI=1S/C21H21FN4O3/c1-13-7-6-8-16(11-13)26-14(2)17(12-23-26)21(28)25-24-20(27)15(3)29-19-10-5-4-9-18(19)22/h4-12,15H,1-3H3,(H,24,27)(H,25,28)/t15-/m1/s1. The zero-order valence-electron chi connectivity index (χ0n) is 16.3. The van der Waals surface area contributed by atoms with E-state index in [0.717, 1.165) is 11.3 Å². The predicted molar refractivity (Wildman–Crippen MR) is 105 cm³/mol. The molecule has 0 spiro atoms. The number of rotatable bonds is 5. The molecule has 2 aromatic carbocycles. The maximum atomic E-state index is 13.6. The number of carbonyl (C=O) groups excluding carboxylic acids is 2. The Morgan fingerprint density at radius 3 is 2.59 bits per heavy atom. The Bertz CT molecular complexity index is 1050. The number of nitrogens with one attached hydrogen (secondary N) is 2. The SMILES string of the molecule is Cc1cccc(-n2ncc(C(=O)NNC(=O)[C@@H](C)Oc3ccccc3F)c2C)c1. The quantitative estimate of drug-likeness (QED) is 0.650. The first kappa shape index (κ1) is 20.1. The van der Waals surface area contributed by atoms with E-state index in [4.69, 9.17) is 4.74 Å². The van der Waals surface area contributed by atoms with Crippen LogP contribution < -0.4 is 15.6 Å². The number of amides is 2. The largest absolute Gasteiger partial charge is 0.478 e. The van der Waals surface area contributed by atoms with Crippen molar-refractivity contribution in [3.63, 3.8) is 0 Å². The molecule has 0 fully saturated rings. The van der Waals surface area contributed by atoms with E-state index in [1.807, 2.05) is 31.2 Å². The minimum atomic E-state index is -1.01. The summed E-state index contributed by atoms with van der Waals surface area (Å²) >= 11 is 0. The highest BCUT2D eigenvalue weighted by atomic mass is 19.1. The average Bonchev–Trinajstić information content (AvgIpc) is 3.09. The molecule has 0 saturated carbocycles. The van der Waals surface area contributed by atoms with Gasteiger partial charge in [-0.2, -0.15) is 5.10 Å². The summed E-state index contributed by atoms with van der Waals surface area (Å²) in [4.78, 5) is 24.6. The number of benzene rings is 2. The van der Waals surface area contributed by atoms with Crippen LogP contribution in [0.15, 0.2) is 54.7 Å². The molecule has 3 rings (SSSR count). The normalized spacial score (nSPS) is 11.6. The monoisotopic (exact) mass is 396 g/mol.